The zero-order valence-corrected chi connectivity index (χ0v) is 13.5. The van der Waals surface area contributed by atoms with E-state index in [2.05, 4.69) is 24.3 Å². The van der Waals surface area contributed by atoms with Gasteiger partial charge in [-0.05, 0) is 42.9 Å². The summed E-state index contributed by atoms with van der Waals surface area (Å²) >= 11 is 0. The average molecular weight is 308 g/mol. The molecule has 0 amide bonds. The molecule has 0 bridgehead atoms. The summed E-state index contributed by atoms with van der Waals surface area (Å²) in [6.45, 7) is 2.75. The molecule has 0 saturated heterocycles. The van der Waals surface area contributed by atoms with Gasteiger partial charge in [0, 0.05) is 5.92 Å². The normalized spacial score (nSPS) is 22.7. The second kappa shape index (κ2) is 6.11. The predicted molar refractivity (Wildman–Crippen MR) is 92.9 cm³/mol. The van der Waals surface area contributed by atoms with Crippen molar-refractivity contribution in [2.24, 2.45) is 5.92 Å². The van der Waals surface area contributed by atoms with Crippen LogP contribution < -0.4 is 0 Å². The summed E-state index contributed by atoms with van der Waals surface area (Å²) in [5.41, 5.74) is 1.70. The molecule has 0 spiro atoms. The molecular formula is C21H21FO. The van der Waals surface area contributed by atoms with E-state index in [9.17, 15) is 9.18 Å². The first kappa shape index (κ1) is 15.7. The van der Waals surface area contributed by atoms with Gasteiger partial charge in [-0.2, -0.15) is 0 Å². The highest BCUT2D eigenvalue weighted by atomic mass is 19.1. The van der Waals surface area contributed by atoms with Crippen LogP contribution >= 0.6 is 0 Å². The Morgan fingerprint density at radius 1 is 1.04 bits per heavy atom. The fourth-order valence-electron chi connectivity index (χ4n) is 3.03. The maximum Gasteiger partial charge on any atom is 0.169 e. The lowest BCUT2D eigenvalue weighted by molar-refractivity contribution is -0.128. The smallest absolute Gasteiger partial charge is 0.169 e. The van der Waals surface area contributed by atoms with Crippen molar-refractivity contribution in [1.29, 1.82) is 0 Å². The first-order valence-corrected chi connectivity index (χ1v) is 8.01. The lowest BCUT2D eigenvalue weighted by atomic mass is 9.94. The maximum absolute atomic E-state index is 14.4. The Bertz CT molecular complexity index is 713. The molecule has 1 aliphatic carbocycles. The molecule has 118 valence electrons. The third-order valence-electron chi connectivity index (χ3n) is 4.81. The molecule has 1 aliphatic rings. The number of hydrogen-bond donors (Lipinski definition) is 0. The zero-order valence-electron chi connectivity index (χ0n) is 13.5. The lowest BCUT2D eigenvalue weighted by Gasteiger charge is -2.16. The van der Waals surface area contributed by atoms with Crippen molar-refractivity contribution >= 4 is 17.9 Å². The SMILES string of the molecule is CC(=O)C(C)(F)C1CC1c1ccc(/C=C/c2ccccc2)cc1. The highest BCUT2D eigenvalue weighted by Crippen LogP contribution is 2.55. The summed E-state index contributed by atoms with van der Waals surface area (Å²) in [5.74, 6) is -0.376. The minimum absolute atomic E-state index is 0.168. The Morgan fingerprint density at radius 2 is 1.61 bits per heavy atom. The van der Waals surface area contributed by atoms with Crippen molar-refractivity contribution in [2.45, 2.75) is 31.9 Å². The highest BCUT2D eigenvalue weighted by molar-refractivity contribution is 5.85. The third kappa shape index (κ3) is 3.42. The first-order chi connectivity index (χ1) is 11.0. The van der Waals surface area contributed by atoms with Crippen LogP contribution in [0.2, 0.25) is 0 Å². The molecule has 23 heavy (non-hydrogen) atoms. The molecule has 0 N–H and O–H groups in total. The Hall–Kier alpha value is -2.22. The first-order valence-electron chi connectivity index (χ1n) is 8.01. The van der Waals surface area contributed by atoms with E-state index in [0.29, 0.717) is 0 Å². The van der Waals surface area contributed by atoms with Gasteiger partial charge in [0.25, 0.3) is 0 Å². The molecule has 3 atom stereocenters. The van der Waals surface area contributed by atoms with Crippen LogP contribution in [0.3, 0.4) is 0 Å². The van der Waals surface area contributed by atoms with Crippen LogP contribution in [0.1, 0.15) is 42.9 Å². The van der Waals surface area contributed by atoms with Gasteiger partial charge >= 0.3 is 0 Å². The Kier molecular flexibility index (Phi) is 4.16. The quantitative estimate of drug-likeness (QED) is 0.687. The molecule has 2 aromatic rings. The van der Waals surface area contributed by atoms with Crippen molar-refractivity contribution in [1.82, 2.24) is 0 Å². The van der Waals surface area contributed by atoms with Crippen LogP contribution in [0.15, 0.2) is 54.6 Å². The molecule has 2 aromatic carbocycles. The van der Waals surface area contributed by atoms with E-state index in [4.69, 9.17) is 0 Å². The summed E-state index contributed by atoms with van der Waals surface area (Å²) in [4.78, 5) is 11.4. The Balaban J connectivity index is 1.67. The van der Waals surface area contributed by atoms with Crippen LogP contribution in [0.5, 0.6) is 0 Å². The predicted octanol–water partition coefficient (Wildman–Crippen LogP) is 5.28. The average Bonchev–Trinajstić information content (AvgIpc) is 3.35. The van der Waals surface area contributed by atoms with Gasteiger partial charge in [-0.1, -0.05) is 66.7 Å². The van der Waals surface area contributed by atoms with Crippen LogP contribution in [-0.2, 0) is 4.79 Å². The number of carbonyl (C=O) groups is 1. The van der Waals surface area contributed by atoms with Crippen LogP contribution in [-0.4, -0.2) is 11.5 Å². The Labute approximate surface area is 136 Å². The number of rotatable bonds is 5. The molecule has 3 unspecified atom stereocenters. The number of alkyl halides is 1. The molecule has 1 saturated carbocycles. The molecule has 0 radical (unpaired) electrons. The minimum atomic E-state index is -1.70. The minimum Gasteiger partial charge on any atom is -0.296 e. The van der Waals surface area contributed by atoms with Gasteiger partial charge in [0.15, 0.2) is 11.5 Å². The van der Waals surface area contributed by atoms with E-state index in [-0.39, 0.29) is 17.6 Å². The largest absolute Gasteiger partial charge is 0.296 e. The molecule has 2 heteroatoms. The van der Waals surface area contributed by atoms with Gasteiger partial charge in [-0.3, -0.25) is 4.79 Å². The summed E-state index contributed by atoms with van der Waals surface area (Å²) in [5, 5.41) is 0. The van der Waals surface area contributed by atoms with Gasteiger partial charge in [-0.25, -0.2) is 4.39 Å². The van der Waals surface area contributed by atoms with E-state index in [0.717, 1.165) is 23.1 Å². The van der Waals surface area contributed by atoms with E-state index in [1.165, 1.54) is 13.8 Å². The number of halogens is 1. The van der Waals surface area contributed by atoms with E-state index in [1.54, 1.807) is 0 Å². The molecule has 0 aromatic heterocycles. The highest BCUT2D eigenvalue weighted by Gasteiger charge is 2.53. The molecule has 1 fully saturated rings. The molecule has 0 aliphatic heterocycles. The fourth-order valence-corrected chi connectivity index (χ4v) is 3.03. The van der Waals surface area contributed by atoms with Crippen LogP contribution in [0.25, 0.3) is 12.2 Å². The van der Waals surface area contributed by atoms with Crippen molar-refractivity contribution in [3.8, 4) is 0 Å². The van der Waals surface area contributed by atoms with Gasteiger partial charge in [0.05, 0.1) is 0 Å². The van der Waals surface area contributed by atoms with Gasteiger partial charge in [0.1, 0.15) is 0 Å². The van der Waals surface area contributed by atoms with Crippen molar-refractivity contribution < 1.29 is 9.18 Å². The standard InChI is InChI=1S/C21H21FO/c1-15(23)21(2,22)20-14-19(20)18-12-10-17(11-13-18)9-8-16-6-4-3-5-7-16/h3-13,19-20H,14H2,1-2H3/b9-8+. The maximum atomic E-state index is 14.4. The number of carbonyl (C=O) groups excluding carboxylic acids is 1. The number of ketones is 1. The zero-order chi connectivity index (χ0) is 16.4. The molecule has 0 heterocycles. The summed E-state index contributed by atoms with van der Waals surface area (Å²) < 4.78 is 14.4. The van der Waals surface area contributed by atoms with Crippen molar-refractivity contribution in [2.75, 3.05) is 0 Å². The summed E-state index contributed by atoms with van der Waals surface area (Å²) in [6, 6.07) is 18.3. The van der Waals surface area contributed by atoms with Crippen molar-refractivity contribution in [3.05, 3.63) is 71.3 Å². The van der Waals surface area contributed by atoms with Crippen LogP contribution in [0.4, 0.5) is 4.39 Å². The topological polar surface area (TPSA) is 17.1 Å². The second-order valence-electron chi connectivity index (χ2n) is 6.49. The summed E-state index contributed by atoms with van der Waals surface area (Å²) in [7, 11) is 0. The lowest BCUT2D eigenvalue weighted by Crippen LogP contribution is -2.30. The van der Waals surface area contributed by atoms with Gasteiger partial charge in [-0.15, -0.1) is 0 Å². The summed E-state index contributed by atoms with van der Waals surface area (Å²) in [6.07, 6.45) is 4.90. The molecule has 3 rings (SSSR count). The van der Waals surface area contributed by atoms with E-state index < -0.39 is 5.67 Å². The van der Waals surface area contributed by atoms with Crippen molar-refractivity contribution in [3.63, 3.8) is 0 Å². The number of Topliss-reactive ketones (excluding diaryl/α,β-unsaturated/α-hetero) is 1. The molecular weight excluding hydrogens is 287 g/mol. The number of hydrogen-bond acceptors (Lipinski definition) is 1. The third-order valence-corrected chi connectivity index (χ3v) is 4.81. The monoisotopic (exact) mass is 308 g/mol. The van der Waals surface area contributed by atoms with Gasteiger partial charge in [0.2, 0.25) is 0 Å². The second-order valence-corrected chi connectivity index (χ2v) is 6.49. The van der Waals surface area contributed by atoms with E-state index in [1.807, 2.05) is 42.5 Å². The van der Waals surface area contributed by atoms with E-state index >= 15 is 0 Å². The fraction of sp³-hybridized carbons (Fsp3) is 0.286. The Morgan fingerprint density at radius 3 is 2.17 bits per heavy atom. The van der Waals surface area contributed by atoms with Gasteiger partial charge < -0.3 is 0 Å². The van der Waals surface area contributed by atoms with Crippen LogP contribution in [0, 0.1) is 5.92 Å². The number of benzene rings is 2. The molecule has 1 nitrogen and oxygen atoms in total.